The molecule has 0 bridgehead atoms. The molecule has 0 saturated carbocycles. The van der Waals surface area contributed by atoms with Crippen LogP contribution in [0.25, 0.3) is 5.65 Å². The highest BCUT2D eigenvalue weighted by Crippen LogP contribution is 2.27. The van der Waals surface area contributed by atoms with Crippen LogP contribution in [-0.2, 0) is 17.7 Å². The van der Waals surface area contributed by atoms with Gasteiger partial charge in [0.2, 0.25) is 0 Å². The lowest BCUT2D eigenvalue weighted by Gasteiger charge is -2.30. The molecular weight excluding hydrogens is 318 g/mol. The van der Waals surface area contributed by atoms with E-state index < -0.39 is 6.09 Å². The number of amides is 1. The van der Waals surface area contributed by atoms with Crippen molar-refractivity contribution in [1.29, 1.82) is 0 Å². The van der Waals surface area contributed by atoms with Gasteiger partial charge in [0.1, 0.15) is 0 Å². The molecule has 1 aliphatic rings. The summed E-state index contributed by atoms with van der Waals surface area (Å²) in [5.41, 5.74) is 4.45. The van der Waals surface area contributed by atoms with Gasteiger partial charge in [-0.15, -0.1) is 5.10 Å². The van der Waals surface area contributed by atoms with Crippen LogP contribution in [0.2, 0.25) is 0 Å². The van der Waals surface area contributed by atoms with E-state index in [1.54, 1.807) is 11.4 Å². The molecule has 0 aliphatic carbocycles. The highest BCUT2D eigenvalue weighted by Gasteiger charge is 2.20. The third-order valence-corrected chi connectivity index (χ3v) is 4.30. The highest BCUT2D eigenvalue weighted by molar-refractivity contribution is 5.83. The number of nitrogens with one attached hydrogen (secondary N) is 1. The van der Waals surface area contributed by atoms with E-state index in [0.717, 1.165) is 25.2 Å². The summed E-state index contributed by atoms with van der Waals surface area (Å²) in [6.45, 7) is 3.81. The van der Waals surface area contributed by atoms with Crippen LogP contribution < -0.4 is 10.2 Å². The van der Waals surface area contributed by atoms with Crippen LogP contribution in [0.15, 0.2) is 42.6 Å². The molecule has 0 saturated heterocycles. The van der Waals surface area contributed by atoms with E-state index in [1.165, 1.54) is 11.1 Å². The van der Waals surface area contributed by atoms with E-state index in [2.05, 4.69) is 44.6 Å². The van der Waals surface area contributed by atoms with Crippen molar-refractivity contribution in [3.05, 3.63) is 53.7 Å². The van der Waals surface area contributed by atoms with Crippen molar-refractivity contribution in [2.24, 2.45) is 0 Å². The number of aromatic nitrogens is 3. The Kier molecular flexibility index (Phi) is 3.97. The van der Waals surface area contributed by atoms with Crippen molar-refractivity contribution in [2.75, 3.05) is 23.4 Å². The van der Waals surface area contributed by atoms with E-state index in [0.29, 0.717) is 12.3 Å². The Bertz CT molecular complexity index is 921. The number of rotatable bonds is 3. The second-order valence-corrected chi connectivity index (χ2v) is 5.88. The van der Waals surface area contributed by atoms with Gasteiger partial charge in [0.05, 0.1) is 12.3 Å². The molecule has 0 unspecified atom stereocenters. The standard InChI is InChI=1S/C18H19N5O2/c1-2-25-18(24)20-17-19-16-15(8-5-10-23(16)21-17)22-11-9-13-6-3-4-7-14(13)12-22/h3-8,10H,2,9,11-12H2,1H3,(H,20,21,24). The second kappa shape index (κ2) is 6.43. The van der Waals surface area contributed by atoms with E-state index in [1.807, 2.05) is 18.3 Å². The fourth-order valence-corrected chi connectivity index (χ4v) is 3.15. The van der Waals surface area contributed by atoms with Crippen molar-refractivity contribution in [3.63, 3.8) is 0 Å². The Balaban J connectivity index is 1.64. The molecule has 3 heterocycles. The molecule has 25 heavy (non-hydrogen) atoms. The van der Waals surface area contributed by atoms with Crippen molar-refractivity contribution in [1.82, 2.24) is 14.6 Å². The first-order valence-corrected chi connectivity index (χ1v) is 8.35. The Morgan fingerprint density at radius 2 is 2.08 bits per heavy atom. The van der Waals surface area contributed by atoms with Gasteiger partial charge in [0.25, 0.3) is 5.95 Å². The first-order valence-electron chi connectivity index (χ1n) is 8.35. The van der Waals surface area contributed by atoms with Crippen LogP contribution in [-0.4, -0.2) is 33.8 Å². The number of hydrogen-bond donors (Lipinski definition) is 1. The number of nitrogens with zero attached hydrogens (tertiary/aromatic N) is 4. The lowest BCUT2D eigenvalue weighted by molar-refractivity contribution is 0.167. The quantitative estimate of drug-likeness (QED) is 0.796. The number of carbonyl (C=O) groups excluding carboxylic acids is 1. The smallest absolute Gasteiger partial charge is 0.414 e. The largest absolute Gasteiger partial charge is 0.450 e. The van der Waals surface area contributed by atoms with E-state index in [9.17, 15) is 4.79 Å². The zero-order valence-corrected chi connectivity index (χ0v) is 14.0. The molecule has 0 atom stereocenters. The molecule has 2 aromatic heterocycles. The number of pyridine rings is 1. The summed E-state index contributed by atoms with van der Waals surface area (Å²) < 4.78 is 6.56. The number of fused-ring (bicyclic) bond motifs is 2. The predicted molar refractivity (Wildman–Crippen MR) is 94.8 cm³/mol. The maximum Gasteiger partial charge on any atom is 0.414 e. The van der Waals surface area contributed by atoms with Gasteiger partial charge < -0.3 is 9.64 Å². The molecule has 0 fully saturated rings. The molecular formula is C18H19N5O2. The van der Waals surface area contributed by atoms with E-state index in [-0.39, 0.29) is 5.95 Å². The van der Waals surface area contributed by atoms with Crippen molar-refractivity contribution < 1.29 is 9.53 Å². The maximum absolute atomic E-state index is 11.6. The third kappa shape index (κ3) is 3.00. The topological polar surface area (TPSA) is 71.8 Å². The number of ether oxygens (including phenoxy) is 1. The first kappa shape index (κ1) is 15.4. The Labute approximate surface area is 145 Å². The third-order valence-electron chi connectivity index (χ3n) is 4.30. The van der Waals surface area contributed by atoms with Crippen molar-refractivity contribution in [2.45, 2.75) is 19.9 Å². The average Bonchev–Trinajstić information content (AvgIpc) is 3.03. The average molecular weight is 337 g/mol. The van der Waals surface area contributed by atoms with Gasteiger partial charge in [-0.25, -0.2) is 9.31 Å². The zero-order valence-electron chi connectivity index (χ0n) is 14.0. The molecule has 128 valence electrons. The molecule has 1 aliphatic heterocycles. The lowest BCUT2D eigenvalue weighted by Crippen LogP contribution is -2.30. The van der Waals surface area contributed by atoms with Gasteiger partial charge in [0.15, 0.2) is 5.65 Å². The SMILES string of the molecule is CCOC(=O)Nc1nc2c(N3CCc4ccccc4C3)cccn2n1. The van der Waals surface area contributed by atoms with Gasteiger partial charge in [-0.2, -0.15) is 4.98 Å². The summed E-state index contributed by atoms with van der Waals surface area (Å²) in [7, 11) is 0. The van der Waals surface area contributed by atoms with Crippen LogP contribution in [0.5, 0.6) is 0 Å². The Hall–Kier alpha value is -3.09. The minimum atomic E-state index is -0.549. The summed E-state index contributed by atoms with van der Waals surface area (Å²) >= 11 is 0. The molecule has 4 rings (SSSR count). The van der Waals surface area contributed by atoms with Crippen LogP contribution in [0.1, 0.15) is 18.1 Å². The summed E-state index contributed by atoms with van der Waals surface area (Å²) in [6.07, 6.45) is 2.27. The Morgan fingerprint density at radius 1 is 1.24 bits per heavy atom. The molecule has 7 nitrogen and oxygen atoms in total. The van der Waals surface area contributed by atoms with Crippen molar-refractivity contribution in [3.8, 4) is 0 Å². The number of carbonyl (C=O) groups is 1. The fraction of sp³-hybridized carbons (Fsp3) is 0.278. The van der Waals surface area contributed by atoms with E-state index >= 15 is 0 Å². The van der Waals surface area contributed by atoms with Crippen LogP contribution >= 0.6 is 0 Å². The number of hydrogen-bond acceptors (Lipinski definition) is 5. The first-order chi connectivity index (χ1) is 12.2. The molecule has 7 heteroatoms. The summed E-state index contributed by atoms with van der Waals surface area (Å²) in [5, 5.41) is 6.86. The van der Waals surface area contributed by atoms with Gasteiger partial charge in [-0.05, 0) is 36.6 Å². The van der Waals surface area contributed by atoms with Crippen molar-refractivity contribution >= 4 is 23.4 Å². The number of benzene rings is 1. The molecule has 0 radical (unpaired) electrons. The molecule has 3 aromatic rings. The monoisotopic (exact) mass is 337 g/mol. The van der Waals surface area contributed by atoms with Gasteiger partial charge >= 0.3 is 6.09 Å². The van der Waals surface area contributed by atoms with Gasteiger partial charge in [-0.3, -0.25) is 5.32 Å². The van der Waals surface area contributed by atoms with Gasteiger partial charge in [0, 0.05) is 19.3 Å². The van der Waals surface area contributed by atoms with Crippen LogP contribution in [0.4, 0.5) is 16.4 Å². The molecule has 1 amide bonds. The minimum Gasteiger partial charge on any atom is -0.450 e. The van der Waals surface area contributed by atoms with Crippen LogP contribution in [0.3, 0.4) is 0 Å². The molecule has 0 spiro atoms. The minimum absolute atomic E-state index is 0.239. The van der Waals surface area contributed by atoms with Gasteiger partial charge in [-0.1, -0.05) is 24.3 Å². The fourth-order valence-electron chi connectivity index (χ4n) is 3.15. The lowest BCUT2D eigenvalue weighted by atomic mass is 9.99. The van der Waals surface area contributed by atoms with E-state index in [4.69, 9.17) is 4.74 Å². The predicted octanol–water partition coefficient (Wildman–Crippen LogP) is 2.86. The van der Waals surface area contributed by atoms with Crippen LogP contribution in [0, 0.1) is 0 Å². The highest BCUT2D eigenvalue weighted by atomic mass is 16.5. The molecule has 1 N–H and O–H groups in total. The second-order valence-electron chi connectivity index (χ2n) is 5.88. The molecule has 1 aromatic carbocycles. The summed E-state index contributed by atoms with van der Waals surface area (Å²) in [4.78, 5) is 18.3. The normalized spacial score (nSPS) is 13.6. The summed E-state index contributed by atoms with van der Waals surface area (Å²) in [5.74, 6) is 0.239. The number of anilines is 2. The summed E-state index contributed by atoms with van der Waals surface area (Å²) in [6, 6.07) is 12.5. The zero-order chi connectivity index (χ0) is 17.2. The maximum atomic E-state index is 11.6. The Morgan fingerprint density at radius 3 is 2.92 bits per heavy atom.